The van der Waals surface area contributed by atoms with E-state index < -0.39 is 36.2 Å². The van der Waals surface area contributed by atoms with E-state index in [9.17, 15) is 19.5 Å². The molecule has 0 aliphatic heterocycles. The summed E-state index contributed by atoms with van der Waals surface area (Å²) in [7, 11) is 0. The SMILES string of the molecule is CC(O)C(=O)Oc1ccc(OC(=O)C(C)O)c(OC(=O)C(C)O)c1. The highest BCUT2D eigenvalue weighted by Crippen LogP contribution is 2.32. The molecule has 0 bridgehead atoms. The zero-order valence-corrected chi connectivity index (χ0v) is 13.3. The number of benzene rings is 1. The van der Waals surface area contributed by atoms with Gasteiger partial charge in [-0.25, -0.2) is 14.4 Å². The minimum atomic E-state index is -1.45. The molecule has 0 aliphatic rings. The molecule has 9 nitrogen and oxygen atoms in total. The van der Waals surface area contributed by atoms with Crippen LogP contribution in [0, 0.1) is 0 Å². The molecule has 0 spiro atoms. The summed E-state index contributed by atoms with van der Waals surface area (Å²) in [5, 5.41) is 27.5. The van der Waals surface area contributed by atoms with Crippen molar-refractivity contribution in [2.45, 2.75) is 39.1 Å². The number of ether oxygens (including phenoxy) is 3. The quantitative estimate of drug-likeness (QED) is 0.463. The van der Waals surface area contributed by atoms with Crippen molar-refractivity contribution >= 4 is 17.9 Å². The number of aliphatic hydroxyl groups excluding tert-OH is 3. The van der Waals surface area contributed by atoms with Crippen molar-refractivity contribution in [1.82, 2.24) is 0 Å². The molecule has 0 saturated carbocycles. The van der Waals surface area contributed by atoms with Crippen LogP contribution in [0.2, 0.25) is 0 Å². The number of carbonyl (C=O) groups is 3. The van der Waals surface area contributed by atoms with Crippen molar-refractivity contribution in [1.29, 1.82) is 0 Å². The standard InChI is InChI=1S/C15H18O9/c1-7(16)13(19)22-10-4-5-11(23-14(20)8(2)17)12(6-10)24-15(21)9(3)18/h4-9,16-18H,1-3H3. The fourth-order valence-electron chi connectivity index (χ4n) is 1.30. The fourth-order valence-corrected chi connectivity index (χ4v) is 1.30. The largest absolute Gasteiger partial charge is 0.424 e. The van der Waals surface area contributed by atoms with E-state index in [-0.39, 0.29) is 17.2 Å². The molecule has 1 aromatic carbocycles. The Kier molecular flexibility index (Phi) is 6.83. The van der Waals surface area contributed by atoms with Crippen LogP contribution < -0.4 is 14.2 Å². The van der Waals surface area contributed by atoms with Gasteiger partial charge in [0.15, 0.2) is 11.5 Å². The molecular weight excluding hydrogens is 324 g/mol. The van der Waals surface area contributed by atoms with Crippen molar-refractivity contribution in [3.05, 3.63) is 18.2 Å². The number of hydrogen-bond donors (Lipinski definition) is 3. The van der Waals surface area contributed by atoms with Crippen LogP contribution in [0.4, 0.5) is 0 Å². The maximum absolute atomic E-state index is 11.5. The number of esters is 3. The summed E-state index contributed by atoms with van der Waals surface area (Å²) < 4.78 is 14.6. The normalized spacial score (nSPS) is 14.2. The smallest absolute Gasteiger partial charge is 0.340 e. The Morgan fingerprint density at radius 1 is 0.750 bits per heavy atom. The zero-order chi connectivity index (χ0) is 18.4. The van der Waals surface area contributed by atoms with E-state index in [1.165, 1.54) is 26.8 Å². The average Bonchev–Trinajstić information content (AvgIpc) is 2.49. The molecule has 0 fully saturated rings. The van der Waals surface area contributed by atoms with E-state index in [1.807, 2.05) is 0 Å². The second kappa shape index (κ2) is 8.39. The first-order valence-corrected chi connectivity index (χ1v) is 6.95. The third-order valence-electron chi connectivity index (χ3n) is 2.58. The monoisotopic (exact) mass is 342 g/mol. The summed E-state index contributed by atoms with van der Waals surface area (Å²) in [6.07, 6.45) is -4.24. The van der Waals surface area contributed by atoms with Gasteiger partial charge in [-0.1, -0.05) is 0 Å². The highest BCUT2D eigenvalue weighted by atomic mass is 16.6. The summed E-state index contributed by atoms with van der Waals surface area (Å²) in [5.74, 6) is -3.62. The Balaban J connectivity index is 3.11. The highest BCUT2D eigenvalue weighted by molar-refractivity contribution is 5.80. The highest BCUT2D eigenvalue weighted by Gasteiger charge is 2.21. The summed E-state index contributed by atoms with van der Waals surface area (Å²) in [4.78, 5) is 34.3. The molecule has 1 aromatic rings. The number of aliphatic hydroxyl groups is 3. The third-order valence-corrected chi connectivity index (χ3v) is 2.58. The van der Waals surface area contributed by atoms with Gasteiger partial charge in [-0.3, -0.25) is 0 Å². The lowest BCUT2D eigenvalue weighted by Gasteiger charge is -2.14. The second-order valence-electron chi connectivity index (χ2n) is 4.90. The second-order valence-corrected chi connectivity index (χ2v) is 4.90. The van der Waals surface area contributed by atoms with E-state index in [0.29, 0.717) is 0 Å². The molecule has 0 radical (unpaired) electrons. The molecule has 0 aliphatic carbocycles. The van der Waals surface area contributed by atoms with E-state index in [4.69, 9.17) is 24.4 Å². The summed E-state index contributed by atoms with van der Waals surface area (Å²) in [5.41, 5.74) is 0. The Morgan fingerprint density at radius 2 is 1.17 bits per heavy atom. The molecule has 3 atom stereocenters. The lowest BCUT2D eigenvalue weighted by atomic mass is 10.3. The Morgan fingerprint density at radius 3 is 1.62 bits per heavy atom. The van der Waals surface area contributed by atoms with Gasteiger partial charge in [-0.05, 0) is 32.9 Å². The molecule has 24 heavy (non-hydrogen) atoms. The first-order chi connectivity index (χ1) is 11.1. The summed E-state index contributed by atoms with van der Waals surface area (Å²) in [6.45, 7) is 3.55. The maximum Gasteiger partial charge on any atom is 0.340 e. The number of hydrogen-bond acceptors (Lipinski definition) is 9. The predicted octanol–water partition coefficient (Wildman–Crippen LogP) is -0.455. The molecular formula is C15H18O9. The van der Waals surface area contributed by atoms with Crippen LogP contribution in [0.5, 0.6) is 17.2 Å². The summed E-state index contributed by atoms with van der Waals surface area (Å²) >= 11 is 0. The molecule has 132 valence electrons. The van der Waals surface area contributed by atoms with E-state index in [0.717, 1.165) is 12.1 Å². The van der Waals surface area contributed by atoms with Gasteiger partial charge in [0, 0.05) is 6.07 Å². The van der Waals surface area contributed by atoms with Crippen LogP contribution in [0.1, 0.15) is 20.8 Å². The minimum Gasteiger partial charge on any atom is -0.424 e. The number of rotatable bonds is 6. The Labute approximate surface area is 137 Å². The van der Waals surface area contributed by atoms with E-state index >= 15 is 0 Å². The number of carbonyl (C=O) groups excluding carboxylic acids is 3. The van der Waals surface area contributed by atoms with Crippen LogP contribution >= 0.6 is 0 Å². The molecule has 0 aromatic heterocycles. The van der Waals surface area contributed by atoms with Crippen molar-refractivity contribution in [3.8, 4) is 17.2 Å². The topological polar surface area (TPSA) is 140 Å². The predicted molar refractivity (Wildman–Crippen MR) is 78.4 cm³/mol. The zero-order valence-electron chi connectivity index (χ0n) is 13.3. The fraction of sp³-hybridized carbons (Fsp3) is 0.400. The Hall–Kier alpha value is -2.49. The molecule has 3 N–H and O–H groups in total. The van der Waals surface area contributed by atoms with E-state index in [2.05, 4.69) is 0 Å². The molecule has 0 saturated heterocycles. The van der Waals surface area contributed by atoms with Gasteiger partial charge >= 0.3 is 17.9 Å². The van der Waals surface area contributed by atoms with Crippen LogP contribution in [-0.2, 0) is 14.4 Å². The molecule has 0 amide bonds. The van der Waals surface area contributed by atoms with Gasteiger partial charge in [-0.2, -0.15) is 0 Å². The first-order valence-electron chi connectivity index (χ1n) is 6.95. The van der Waals surface area contributed by atoms with Crippen molar-refractivity contribution in [3.63, 3.8) is 0 Å². The van der Waals surface area contributed by atoms with Gasteiger partial charge in [0.05, 0.1) is 0 Å². The maximum atomic E-state index is 11.5. The van der Waals surface area contributed by atoms with Crippen molar-refractivity contribution < 1.29 is 43.9 Å². The lowest BCUT2D eigenvalue weighted by molar-refractivity contribution is -0.145. The van der Waals surface area contributed by atoms with Gasteiger partial charge in [-0.15, -0.1) is 0 Å². The van der Waals surface area contributed by atoms with Crippen LogP contribution in [0.25, 0.3) is 0 Å². The first kappa shape index (κ1) is 19.6. The van der Waals surface area contributed by atoms with Gasteiger partial charge < -0.3 is 29.5 Å². The molecule has 0 heterocycles. The van der Waals surface area contributed by atoms with Gasteiger partial charge in [0.25, 0.3) is 0 Å². The van der Waals surface area contributed by atoms with Crippen molar-refractivity contribution in [2.75, 3.05) is 0 Å². The minimum absolute atomic E-state index is 0.0915. The van der Waals surface area contributed by atoms with Gasteiger partial charge in [0.2, 0.25) is 0 Å². The third kappa shape index (κ3) is 5.61. The van der Waals surface area contributed by atoms with Crippen LogP contribution in [0.3, 0.4) is 0 Å². The van der Waals surface area contributed by atoms with Gasteiger partial charge in [0.1, 0.15) is 24.1 Å². The van der Waals surface area contributed by atoms with Crippen LogP contribution in [0.15, 0.2) is 18.2 Å². The molecule has 1 rings (SSSR count). The molecule has 9 heteroatoms. The summed E-state index contributed by atoms with van der Waals surface area (Å²) in [6, 6.07) is 3.45. The Bertz CT molecular complexity index is 619. The van der Waals surface area contributed by atoms with Crippen molar-refractivity contribution in [2.24, 2.45) is 0 Å². The molecule has 3 unspecified atom stereocenters. The average molecular weight is 342 g/mol. The van der Waals surface area contributed by atoms with Crippen LogP contribution in [-0.4, -0.2) is 51.5 Å². The lowest BCUT2D eigenvalue weighted by Crippen LogP contribution is -2.25. The van der Waals surface area contributed by atoms with E-state index in [1.54, 1.807) is 0 Å².